The van der Waals surface area contributed by atoms with Crippen LogP contribution in [0.15, 0.2) is 12.2 Å². The SMILES string of the molecule is CC/C=C/CCCC(=O)CCC. The number of hydrogen-bond donors (Lipinski definition) is 0. The van der Waals surface area contributed by atoms with Crippen LogP contribution in [-0.2, 0) is 4.79 Å². The summed E-state index contributed by atoms with van der Waals surface area (Å²) in [6.07, 6.45) is 10.0. The van der Waals surface area contributed by atoms with E-state index < -0.39 is 0 Å². The molecule has 1 heteroatoms. The van der Waals surface area contributed by atoms with Gasteiger partial charge >= 0.3 is 0 Å². The molecule has 0 aromatic carbocycles. The number of carbonyl (C=O) groups excluding carboxylic acids is 1. The molecule has 70 valence electrons. The van der Waals surface area contributed by atoms with Crippen LogP contribution in [0, 0.1) is 0 Å². The van der Waals surface area contributed by atoms with Crippen LogP contribution in [0.4, 0.5) is 0 Å². The van der Waals surface area contributed by atoms with E-state index in [9.17, 15) is 4.79 Å². The van der Waals surface area contributed by atoms with Crippen molar-refractivity contribution in [2.45, 2.75) is 52.4 Å². The molecule has 0 N–H and O–H groups in total. The highest BCUT2D eigenvalue weighted by atomic mass is 16.1. The van der Waals surface area contributed by atoms with E-state index >= 15 is 0 Å². The average molecular weight is 168 g/mol. The van der Waals surface area contributed by atoms with Crippen molar-refractivity contribution in [3.05, 3.63) is 12.2 Å². The number of unbranched alkanes of at least 4 members (excludes halogenated alkanes) is 1. The molecule has 0 rings (SSSR count). The molecule has 0 saturated carbocycles. The maximum absolute atomic E-state index is 11.1. The minimum atomic E-state index is 0.419. The second-order valence-corrected chi connectivity index (χ2v) is 3.06. The predicted octanol–water partition coefficient (Wildman–Crippen LogP) is 3.49. The van der Waals surface area contributed by atoms with Gasteiger partial charge in [0.2, 0.25) is 0 Å². The Bertz CT molecular complexity index is 136. The molecule has 0 fully saturated rings. The van der Waals surface area contributed by atoms with Crippen molar-refractivity contribution >= 4 is 5.78 Å². The van der Waals surface area contributed by atoms with E-state index in [4.69, 9.17) is 0 Å². The van der Waals surface area contributed by atoms with Crippen molar-refractivity contribution in [3.8, 4) is 0 Å². The van der Waals surface area contributed by atoms with Gasteiger partial charge in [-0.2, -0.15) is 0 Å². The summed E-state index contributed by atoms with van der Waals surface area (Å²) in [6, 6.07) is 0. The molecule has 0 unspecified atom stereocenters. The van der Waals surface area contributed by atoms with Gasteiger partial charge in [-0.25, -0.2) is 0 Å². The zero-order valence-corrected chi connectivity index (χ0v) is 8.31. The minimum absolute atomic E-state index is 0.419. The van der Waals surface area contributed by atoms with E-state index in [0.717, 1.165) is 38.5 Å². The van der Waals surface area contributed by atoms with E-state index in [1.807, 2.05) is 0 Å². The zero-order valence-electron chi connectivity index (χ0n) is 8.31. The van der Waals surface area contributed by atoms with Crippen molar-refractivity contribution in [2.24, 2.45) is 0 Å². The summed E-state index contributed by atoms with van der Waals surface area (Å²) in [4.78, 5) is 11.1. The standard InChI is InChI=1S/C11H20O/c1-3-5-6-7-8-10-11(12)9-4-2/h5-6H,3-4,7-10H2,1-2H3/b6-5+. The lowest BCUT2D eigenvalue weighted by atomic mass is 10.1. The van der Waals surface area contributed by atoms with E-state index in [1.54, 1.807) is 0 Å². The maximum Gasteiger partial charge on any atom is 0.132 e. The van der Waals surface area contributed by atoms with Gasteiger partial charge < -0.3 is 0 Å². The molecule has 1 nitrogen and oxygen atoms in total. The van der Waals surface area contributed by atoms with Crippen molar-refractivity contribution < 1.29 is 4.79 Å². The fraction of sp³-hybridized carbons (Fsp3) is 0.727. The molecular formula is C11H20O. The molecule has 0 aliphatic heterocycles. The highest BCUT2D eigenvalue weighted by Crippen LogP contribution is 2.02. The summed E-state index contributed by atoms with van der Waals surface area (Å²) in [5.41, 5.74) is 0. The summed E-state index contributed by atoms with van der Waals surface area (Å²) < 4.78 is 0. The van der Waals surface area contributed by atoms with Gasteiger partial charge in [-0.05, 0) is 25.7 Å². The predicted molar refractivity (Wildman–Crippen MR) is 53.2 cm³/mol. The number of carbonyl (C=O) groups is 1. The first-order valence-corrected chi connectivity index (χ1v) is 4.98. The number of rotatable bonds is 7. The summed E-state index contributed by atoms with van der Waals surface area (Å²) in [6.45, 7) is 4.17. The van der Waals surface area contributed by atoms with E-state index in [2.05, 4.69) is 26.0 Å². The molecule has 0 bridgehead atoms. The summed E-state index contributed by atoms with van der Waals surface area (Å²) in [7, 11) is 0. The molecule has 0 aliphatic rings. The summed E-state index contributed by atoms with van der Waals surface area (Å²) >= 11 is 0. The Labute approximate surface area is 75.9 Å². The van der Waals surface area contributed by atoms with Crippen LogP contribution in [0.3, 0.4) is 0 Å². The molecule has 12 heavy (non-hydrogen) atoms. The molecule has 0 saturated heterocycles. The first kappa shape index (κ1) is 11.4. The van der Waals surface area contributed by atoms with Gasteiger partial charge in [0.1, 0.15) is 5.78 Å². The quantitative estimate of drug-likeness (QED) is 0.420. The Morgan fingerprint density at radius 1 is 1.17 bits per heavy atom. The van der Waals surface area contributed by atoms with Crippen LogP contribution < -0.4 is 0 Å². The second kappa shape index (κ2) is 8.51. The van der Waals surface area contributed by atoms with Gasteiger partial charge in [0, 0.05) is 12.8 Å². The monoisotopic (exact) mass is 168 g/mol. The third kappa shape index (κ3) is 7.52. The van der Waals surface area contributed by atoms with Crippen molar-refractivity contribution in [2.75, 3.05) is 0 Å². The topological polar surface area (TPSA) is 17.1 Å². The third-order valence-corrected chi connectivity index (χ3v) is 1.76. The largest absolute Gasteiger partial charge is 0.300 e. The van der Waals surface area contributed by atoms with Crippen LogP contribution in [0.5, 0.6) is 0 Å². The van der Waals surface area contributed by atoms with Gasteiger partial charge in [-0.3, -0.25) is 4.79 Å². The average Bonchev–Trinajstić information content (AvgIpc) is 2.05. The molecular weight excluding hydrogens is 148 g/mol. The van der Waals surface area contributed by atoms with Gasteiger partial charge in [0.05, 0.1) is 0 Å². The van der Waals surface area contributed by atoms with Crippen LogP contribution in [0.1, 0.15) is 52.4 Å². The molecule has 0 atom stereocenters. The van der Waals surface area contributed by atoms with Gasteiger partial charge in [-0.1, -0.05) is 26.0 Å². The van der Waals surface area contributed by atoms with E-state index in [0.29, 0.717) is 5.78 Å². The third-order valence-electron chi connectivity index (χ3n) is 1.76. The lowest BCUT2D eigenvalue weighted by Crippen LogP contribution is -1.95. The molecule has 0 heterocycles. The Hall–Kier alpha value is -0.590. The number of allylic oxidation sites excluding steroid dienone is 2. The molecule has 0 aliphatic carbocycles. The molecule has 0 aromatic rings. The normalized spacial score (nSPS) is 10.8. The van der Waals surface area contributed by atoms with Crippen LogP contribution >= 0.6 is 0 Å². The summed E-state index contributed by atoms with van der Waals surface area (Å²) in [5, 5.41) is 0. The lowest BCUT2D eigenvalue weighted by molar-refractivity contribution is -0.119. The Morgan fingerprint density at radius 3 is 2.50 bits per heavy atom. The number of hydrogen-bond acceptors (Lipinski definition) is 1. The van der Waals surface area contributed by atoms with E-state index in [1.165, 1.54) is 0 Å². The Morgan fingerprint density at radius 2 is 1.92 bits per heavy atom. The lowest BCUT2D eigenvalue weighted by Gasteiger charge is -1.95. The number of Topliss-reactive ketones (excluding diaryl/α,β-unsaturated/α-hetero) is 1. The fourth-order valence-corrected chi connectivity index (χ4v) is 1.11. The van der Waals surface area contributed by atoms with Crippen molar-refractivity contribution in [1.82, 2.24) is 0 Å². The number of ketones is 1. The highest BCUT2D eigenvalue weighted by molar-refractivity contribution is 5.78. The molecule has 0 radical (unpaired) electrons. The van der Waals surface area contributed by atoms with Gasteiger partial charge in [0.25, 0.3) is 0 Å². The molecule has 0 aromatic heterocycles. The zero-order chi connectivity index (χ0) is 9.23. The smallest absolute Gasteiger partial charge is 0.132 e. The second-order valence-electron chi connectivity index (χ2n) is 3.06. The minimum Gasteiger partial charge on any atom is -0.300 e. The molecule has 0 amide bonds. The van der Waals surface area contributed by atoms with Crippen LogP contribution in [0.2, 0.25) is 0 Å². The highest BCUT2D eigenvalue weighted by Gasteiger charge is 1.97. The first-order chi connectivity index (χ1) is 5.81. The maximum atomic E-state index is 11.1. The van der Waals surface area contributed by atoms with E-state index in [-0.39, 0.29) is 0 Å². The van der Waals surface area contributed by atoms with Gasteiger partial charge in [-0.15, -0.1) is 0 Å². The Balaban J connectivity index is 3.19. The first-order valence-electron chi connectivity index (χ1n) is 4.98. The molecule has 0 spiro atoms. The van der Waals surface area contributed by atoms with Crippen LogP contribution in [0.25, 0.3) is 0 Å². The van der Waals surface area contributed by atoms with Crippen LogP contribution in [-0.4, -0.2) is 5.78 Å². The Kier molecular flexibility index (Phi) is 8.09. The van der Waals surface area contributed by atoms with Crippen molar-refractivity contribution in [3.63, 3.8) is 0 Å². The summed E-state index contributed by atoms with van der Waals surface area (Å²) in [5.74, 6) is 0.419. The fourth-order valence-electron chi connectivity index (χ4n) is 1.11. The van der Waals surface area contributed by atoms with Crippen molar-refractivity contribution in [1.29, 1.82) is 0 Å². The van der Waals surface area contributed by atoms with Gasteiger partial charge in [0.15, 0.2) is 0 Å².